The Morgan fingerprint density at radius 1 is 1.05 bits per heavy atom. The zero-order chi connectivity index (χ0) is 14.4. The molecule has 1 unspecified atom stereocenters. The van der Waals surface area contributed by atoms with Crippen LogP contribution in [-0.4, -0.2) is 11.0 Å². The zero-order valence-corrected chi connectivity index (χ0v) is 12.5. The van der Waals surface area contributed by atoms with E-state index in [0.717, 1.165) is 24.8 Å². The molecule has 3 N–H and O–H groups in total. The zero-order valence-electron chi connectivity index (χ0n) is 11.0. The first-order valence-electron chi connectivity index (χ1n) is 6.48. The molecule has 1 aromatic heterocycles. The van der Waals surface area contributed by atoms with Gasteiger partial charge in [0.2, 0.25) is 0 Å². The topological polar surface area (TPSA) is 50.9 Å². The maximum absolute atomic E-state index is 6.02. The second-order valence-corrected chi connectivity index (χ2v) is 5.52. The summed E-state index contributed by atoms with van der Waals surface area (Å²) in [6.45, 7) is 0. The van der Waals surface area contributed by atoms with Gasteiger partial charge < -0.3 is 0 Å². The lowest BCUT2D eigenvalue weighted by molar-refractivity contribution is 0.491. The van der Waals surface area contributed by atoms with E-state index in [2.05, 4.69) is 10.4 Å². The van der Waals surface area contributed by atoms with Crippen LogP contribution in [0.3, 0.4) is 0 Å². The monoisotopic (exact) mass is 309 g/mol. The first-order valence-corrected chi connectivity index (χ1v) is 7.23. The van der Waals surface area contributed by atoms with Gasteiger partial charge in [0.1, 0.15) is 0 Å². The van der Waals surface area contributed by atoms with Gasteiger partial charge in [0.05, 0.1) is 10.0 Å². The van der Waals surface area contributed by atoms with E-state index in [1.54, 1.807) is 12.4 Å². The van der Waals surface area contributed by atoms with Crippen molar-refractivity contribution in [2.45, 2.75) is 25.3 Å². The van der Waals surface area contributed by atoms with Crippen LogP contribution in [0.5, 0.6) is 0 Å². The van der Waals surface area contributed by atoms with Crippen LogP contribution in [0.25, 0.3) is 0 Å². The predicted molar refractivity (Wildman–Crippen MR) is 83.8 cm³/mol. The van der Waals surface area contributed by atoms with Crippen molar-refractivity contribution < 1.29 is 0 Å². The highest BCUT2D eigenvalue weighted by Crippen LogP contribution is 2.23. The molecule has 106 valence electrons. The van der Waals surface area contributed by atoms with Crippen LogP contribution in [0.2, 0.25) is 10.0 Å². The van der Waals surface area contributed by atoms with E-state index in [0.29, 0.717) is 10.0 Å². The lowest BCUT2D eigenvalue weighted by Gasteiger charge is -2.16. The molecule has 3 nitrogen and oxygen atoms in total. The van der Waals surface area contributed by atoms with Gasteiger partial charge in [-0.25, -0.2) is 0 Å². The molecule has 0 fully saturated rings. The average Bonchev–Trinajstić information content (AvgIpc) is 2.48. The minimum atomic E-state index is 0.195. The number of benzene rings is 1. The number of pyridine rings is 1. The normalized spacial score (nSPS) is 12.3. The molecule has 0 spiro atoms. The fraction of sp³-hybridized carbons (Fsp3) is 0.267. The quantitative estimate of drug-likeness (QED) is 0.635. The van der Waals surface area contributed by atoms with Gasteiger partial charge in [0.15, 0.2) is 0 Å². The van der Waals surface area contributed by atoms with Crippen molar-refractivity contribution in [3.05, 3.63) is 63.9 Å². The Bertz CT molecular complexity index is 546. The Kier molecular flexibility index (Phi) is 5.80. The molecule has 0 saturated heterocycles. The summed E-state index contributed by atoms with van der Waals surface area (Å²) in [7, 11) is 0. The Morgan fingerprint density at radius 2 is 1.80 bits per heavy atom. The third kappa shape index (κ3) is 4.46. The predicted octanol–water partition coefficient (Wildman–Crippen LogP) is 3.40. The van der Waals surface area contributed by atoms with Gasteiger partial charge in [0.25, 0.3) is 0 Å². The van der Waals surface area contributed by atoms with Crippen LogP contribution in [0.15, 0.2) is 42.7 Å². The molecule has 0 aliphatic heterocycles. The molecule has 0 aliphatic carbocycles. The number of aromatic nitrogens is 1. The molecule has 20 heavy (non-hydrogen) atoms. The molecule has 5 heteroatoms. The fourth-order valence-electron chi connectivity index (χ4n) is 2.09. The van der Waals surface area contributed by atoms with Crippen LogP contribution in [-0.2, 0) is 12.8 Å². The van der Waals surface area contributed by atoms with Crippen molar-refractivity contribution in [3.8, 4) is 0 Å². The third-order valence-corrected chi connectivity index (χ3v) is 3.97. The van der Waals surface area contributed by atoms with Gasteiger partial charge >= 0.3 is 0 Å². The van der Waals surface area contributed by atoms with E-state index in [9.17, 15) is 0 Å². The van der Waals surface area contributed by atoms with Gasteiger partial charge in [-0.2, -0.15) is 0 Å². The van der Waals surface area contributed by atoms with Gasteiger partial charge in [0, 0.05) is 18.4 Å². The van der Waals surface area contributed by atoms with Crippen LogP contribution >= 0.6 is 23.2 Å². The number of nitrogens with two attached hydrogens (primary N) is 1. The highest BCUT2D eigenvalue weighted by molar-refractivity contribution is 6.42. The number of hydrogen-bond acceptors (Lipinski definition) is 3. The van der Waals surface area contributed by atoms with Crippen molar-refractivity contribution in [1.82, 2.24) is 10.4 Å². The number of halogens is 2. The number of aryl methyl sites for hydroxylation is 1. The van der Waals surface area contributed by atoms with E-state index < -0.39 is 0 Å². The SMILES string of the molecule is NNC(CCc1ccncc1)Cc1ccc(Cl)c(Cl)c1. The molecule has 2 rings (SSSR count). The summed E-state index contributed by atoms with van der Waals surface area (Å²) < 4.78 is 0. The maximum atomic E-state index is 6.02. The van der Waals surface area contributed by atoms with Crippen LogP contribution in [0, 0.1) is 0 Å². The summed E-state index contributed by atoms with van der Waals surface area (Å²) in [5.74, 6) is 5.63. The minimum Gasteiger partial charge on any atom is -0.271 e. The number of nitrogens with zero attached hydrogens (tertiary/aromatic N) is 1. The molecule has 1 atom stereocenters. The fourth-order valence-corrected chi connectivity index (χ4v) is 2.41. The van der Waals surface area contributed by atoms with Crippen LogP contribution in [0.1, 0.15) is 17.5 Å². The van der Waals surface area contributed by atoms with Crippen LogP contribution < -0.4 is 11.3 Å². The molecule has 1 aromatic carbocycles. The molecule has 1 heterocycles. The van der Waals surface area contributed by atoms with Crippen molar-refractivity contribution in [2.75, 3.05) is 0 Å². The molecular weight excluding hydrogens is 293 g/mol. The van der Waals surface area contributed by atoms with Gasteiger partial charge in [-0.05, 0) is 54.7 Å². The van der Waals surface area contributed by atoms with Crippen molar-refractivity contribution in [3.63, 3.8) is 0 Å². The average molecular weight is 310 g/mol. The van der Waals surface area contributed by atoms with Crippen molar-refractivity contribution in [1.29, 1.82) is 0 Å². The molecule has 0 saturated carbocycles. The molecule has 2 aromatic rings. The minimum absolute atomic E-state index is 0.195. The summed E-state index contributed by atoms with van der Waals surface area (Å²) in [6.07, 6.45) is 6.33. The van der Waals surface area contributed by atoms with E-state index in [1.807, 2.05) is 30.3 Å². The Balaban J connectivity index is 1.93. The Morgan fingerprint density at radius 3 is 2.45 bits per heavy atom. The lowest BCUT2D eigenvalue weighted by atomic mass is 10.00. The number of nitrogens with one attached hydrogen (secondary N) is 1. The summed E-state index contributed by atoms with van der Waals surface area (Å²) in [5.41, 5.74) is 5.24. The highest BCUT2D eigenvalue weighted by Gasteiger charge is 2.09. The number of hydrazine groups is 1. The number of hydrogen-bond donors (Lipinski definition) is 2. The maximum Gasteiger partial charge on any atom is 0.0595 e. The summed E-state index contributed by atoms with van der Waals surface area (Å²) in [6, 6.07) is 9.92. The second kappa shape index (κ2) is 7.60. The standard InChI is InChI=1S/C15H17Cl2N3/c16-14-4-2-12(10-15(14)17)9-13(20-18)3-1-11-5-7-19-8-6-11/h2,4-8,10,13,20H,1,3,9,18H2. The van der Waals surface area contributed by atoms with E-state index in [4.69, 9.17) is 29.0 Å². The lowest BCUT2D eigenvalue weighted by Crippen LogP contribution is -2.37. The van der Waals surface area contributed by atoms with Gasteiger partial charge in [-0.1, -0.05) is 29.3 Å². The molecular formula is C15H17Cl2N3. The molecule has 0 bridgehead atoms. The van der Waals surface area contributed by atoms with Crippen molar-refractivity contribution in [2.24, 2.45) is 5.84 Å². The Hall–Kier alpha value is -1.13. The highest BCUT2D eigenvalue weighted by atomic mass is 35.5. The summed E-state index contributed by atoms with van der Waals surface area (Å²) >= 11 is 11.9. The summed E-state index contributed by atoms with van der Waals surface area (Å²) in [4.78, 5) is 4.01. The van der Waals surface area contributed by atoms with E-state index >= 15 is 0 Å². The molecule has 0 amide bonds. The van der Waals surface area contributed by atoms with Gasteiger partial charge in [-0.3, -0.25) is 16.3 Å². The third-order valence-electron chi connectivity index (χ3n) is 3.23. The van der Waals surface area contributed by atoms with E-state index in [-0.39, 0.29) is 6.04 Å². The second-order valence-electron chi connectivity index (χ2n) is 4.71. The van der Waals surface area contributed by atoms with Crippen molar-refractivity contribution >= 4 is 23.2 Å². The first-order chi connectivity index (χ1) is 9.69. The van der Waals surface area contributed by atoms with Crippen LogP contribution in [0.4, 0.5) is 0 Å². The Labute approximate surface area is 129 Å². The number of rotatable bonds is 6. The van der Waals surface area contributed by atoms with Gasteiger partial charge in [-0.15, -0.1) is 0 Å². The first kappa shape index (κ1) is 15.3. The summed E-state index contributed by atoms with van der Waals surface area (Å²) in [5, 5.41) is 1.15. The van der Waals surface area contributed by atoms with E-state index in [1.165, 1.54) is 5.56 Å². The molecule has 0 aliphatic rings. The largest absolute Gasteiger partial charge is 0.271 e. The molecule has 0 radical (unpaired) electrons. The smallest absolute Gasteiger partial charge is 0.0595 e.